The third-order valence-corrected chi connectivity index (χ3v) is 6.53. The number of ether oxygens (including phenoxy) is 1. The van der Waals surface area contributed by atoms with E-state index in [4.69, 9.17) is 15.6 Å². The summed E-state index contributed by atoms with van der Waals surface area (Å²) in [5.41, 5.74) is 2.47. The topological polar surface area (TPSA) is 126 Å². The average molecular weight is 528 g/mol. The van der Waals surface area contributed by atoms with Crippen molar-refractivity contribution in [2.24, 2.45) is 0 Å². The van der Waals surface area contributed by atoms with Crippen molar-refractivity contribution in [3.05, 3.63) is 83.6 Å². The van der Waals surface area contributed by atoms with Crippen LogP contribution >= 0.6 is 0 Å². The molecule has 1 aromatic heterocycles. The number of fused-ring (bicyclic) bond motifs is 2. The first-order valence-corrected chi connectivity index (χ1v) is 12.8. The van der Waals surface area contributed by atoms with Crippen molar-refractivity contribution in [3.8, 4) is 0 Å². The first kappa shape index (κ1) is 25.9. The number of nitrogens with zero attached hydrogens (tertiary/aromatic N) is 4. The maximum atomic E-state index is 13.2. The van der Waals surface area contributed by atoms with E-state index >= 15 is 0 Å². The fourth-order valence-electron chi connectivity index (χ4n) is 4.57. The Kier molecular flexibility index (Phi) is 6.78. The molecular weight excluding hydrogens is 494 g/mol. The molecule has 10 heteroatoms. The number of benzene rings is 2. The number of anilines is 3. The van der Waals surface area contributed by atoms with E-state index in [0.29, 0.717) is 54.4 Å². The van der Waals surface area contributed by atoms with Crippen molar-refractivity contribution in [1.82, 2.24) is 14.8 Å². The van der Waals surface area contributed by atoms with Crippen molar-refractivity contribution in [3.63, 3.8) is 0 Å². The lowest BCUT2D eigenvalue weighted by Gasteiger charge is -2.35. The Bertz CT molecular complexity index is 1440. The third kappa shape index (κ3) is 5.31. The van der Waals surface area contributed by atoms with E-state index in [-0.39, 0.29) is 25.1 Å². The van der Waals surface area contributed by atoms with Crippen LogP contribution in [0.15, 0.2) is 66.9 Å². The highest BCUT2D eigenvalue weighted by molar-refractivity contribution is 6.30. The summed E-state index contributed by atoms with van der Waals surface area (Å²) in [5, 5.41) is 21.2. The van der Waals surface area contributed by atoms with Gasteiger partial charge in [-0.3, -0.25) is 20.5 Å². The van der Waals surface area contributed by atoms with E-state index in [1.54, 1.807) is 51.2 Å². The van der Waals surface area contributed by atoms with Gasteiger partial charge >= 0.3 is 6.09 Å². The molecule has 2 aliphatic rings. The number of hydrogen-bond donors (Lipinski definition) is 3. The van der Waals surface area contributed by atoms with Crippen LogP contribution in [0.4, 0.5) is 22.0 Å². The highest BCUT2D eigenvalue weighted by Crippen LogP contribution is 2.34. The predicted molar refractivity (Wildman–Crippen MR) is 152 cm³/mol. The fraction of sp³-hybridized carbons (Fsp3) is 0.276. The lowest BCUT2D eigenvalue weighted by Crippen LogP contribution is -2.51. The van der Waals surface area contributed by atoms with E-state index in [1.165, 1.54) is 0 Å². The maximum Gasteiger partial charge on any atom is 0.410 e. The van der Waals surface area contributed by atoms with Crippen molar-refractivity contribution in [2.45, 2.75) is 26.4 Å². The van der Waals surface area contributed by atoms with Gasteiger partial charge in [-0.1, -0.05) is 24.3 Å². The van der Waals surface area contributed by atoms with E-state index < -0.39 is 5.60 Å². The van der Waals surface area contributed by atoms with Gasteiger partial charge in [0.15, 0.2) is 5.82 Å². The molecular formula is C29H33N7O3. The van der Waals surface area contributed by atoms with Crippen LogP contribution in [-0.4, -0.2) is 70.2 Å². The van der Waals surface area contributed by atoms with Gasteiger partial charge in [0.25, 0.3) is 5.91 Å². The van der Waals surface area contributed by atoms with E-state index in [1.807, 2.05) is 51.1 Å². The van der Waals surface area contributed by atoms with Crippen molar-refractivity contribution in [2.75, 3.05) is 36.4 Å². The summed E-state index contributed by atoms with van der Waals surface area (Å²) < 4.78 is 5.44. The van der Waals surface area contributed by atoms with Crippen LogP contribution in [0.25, 0.3) is 0 Å². The molecule has 39 heavy (non-hydrogen) atoms. The molecule has 3 heterocycles. The SMILES string of the molecule is CC(C)(C)OC(=O)N1CCN(C(=O)c2ccc(C(=N)N3C(=N)c4ccccc4Nc4ncccc43)cc2)CC1.[HH]. The van der Waals surface area contributed by atoms with Crippen LogP contribution < -0.4 is 10.2 Å². The van der Waals surface area contributed by atoms with Gasteiger partial charge in [-0.15, -0.1) is 0 Å². The molecule has 0 spiro atoms. The van der Waals surface area contributed by atoms with Gasteiger partial charge in [0, 0.05) is 50.5 Å². The molecule has 10 nitrogen and oxygen atoms in total. The Morgan fingerprint density at radius 2 is 1.56 bits per heavy atom. The molecule has 5 rings (SSSR count). The number of piperazine rings is 1. The number of rotatable bonds is 2. The molecule has 0 atom stereocenters. The van der Waals surface area contributed by atoms with Gasteiger partial charge in [0.1, 0.15) is 17.3 Å². The fourth-order valence-corrected chi connectivity index (χ4v) is 4.57. The summed E-state index contributed by atoms with van der Waals surface area (Å²) >= 11 is 0. The number of amidine groups is 2. The molecule has 3 N–H and O–H groups in total. The molecule has 0 bridgehead atoms. The zero-order chi connectivity index (χ0) is 27.7. The van der Waals surface area contributed by atoms with Crippen LogP contribution in [0.3, 0.4) is 0 Å². The molecule has 202 valence electrons. The van der Waals surface area contributed by atoms with Gasteiger partial charge in [-0.2, -0.15) is 0 Å². The highest BCUT2D eigenvalue weighted by Gasteiger charge is 2.30. The number of pyridine rings is 1. The Morgan fingerprint density at radius 1 is 0.923 bits per heavy atom. The van der Waals surface area contributed by atoms with E-state index in [2.05, 4.69) is 10.3 Å². The minimum Gasteiger partial charge on any atom is -0.444 e. The Morgan fingerprint density at radius 3 is 2.26 bits per heavy atom. The number of carbonyl (C=O) groups excluding carboxylic acids is 2. The molecule has 1 fully saturated rings. The summed E-state index contributed by atoms with van der Waals surface area (Å²) in [4.78, 5) is 34.8. The third-order valence-electron chi connectivity index (χ3n) is 6.53. The molecule has 0 saturated carbocycles. The molecule has 1 saturated heterocycles. The summed E-state index contributed by atoms with van der Waals surface area (Å²) in [6.07, 6.45) is 1.30. The van der Waals surface area contributed by atoms with Crippen LogP contribution in [-0.2, 0) is 4.74 Å². The molecule has 3 aromatic rings. The van der Waals surface area contributed by atoms with Crippen LogP contribution in [0.5, 0.6) is 0 Å². The van der Waals surface area contributed by atoms with Gasteiger partial charge in [0.05, 0.1) is 11.4 Å². The van der Waals surface area contributed by atoms with Gasteiger partial charge in [-0.25, -0.2) is 9.78 Å². The van der Waals surface area contributed by atoms with Crippen LogP contribution in [0.1, 0.15) is 43.7 Å². The zero-order valence-electron chi connectivity index (χ0n) is 22.2. The first-order valence-electron chi connectivity index (χ1n) is 12.8. The van der Waals surface area contributed by atoms with Crippen molar-refractivity contribution < 1.29 is 15.8 Å². The van der Waals surface area contributed by atoms with Gasteiger partial charge in [-0.05, 0) is 57.2 Å². The number of hydrogen-bond acceptors (Lipinski definition) is 7. The minimum absolute atomic E-state index is 0. The predicted octanol–water partition coefficient (Wildman–Crippen LogP) is 4.94. The smallest absolute Gasteiger partial charge is 0.410 e. The van der Waals surface area contributed by atoms with E-state index in [9.17, 15) is 9.59 Å². The number of aromatic nitrogens is 1. The zero-order valence-corrected chi connectivity index (χ0v) is 22.2. The van der Waals surface area contributed by atoms with Gasteiger partial charge < -0.3 is 19.9 Å². The normalized spacial score (nSPS) is 15.1. The van der Waals surface area contributed by atoms with Crippen molar-refractivity contribution >= 4 is 40.9 Å². The molecule has 0 unspecified atom stereocenters. The summed E-state index contributed by atoms with van der Waals surface area (Å²) in [5.74, 6) is 0.664. The highest BCUT2D eigenvalue weighted by atomic mass is 16.6. The Labute approximate surface area is 228 Å². The monoisotopic (exact) mass is 527 g/mol. The van der Waals surface area contributed by atoms with Crippen molar-refractivity contribution in [1.29, 1.82) is 10.8 Å². The summed E-state index contributed by atoms with van der Waals surface area (Å²) in [6, 6.07) is 17.9. The second kappa shape index (κ2) is 10.2. The number of para-hydroxylation sites is 1. The minimum atomic E-state index is -0.566. The quantitative estimate of drug-likeness (QED) is 0.320. The van der Waals surface area contributed by atoms with Gasteiger partial charge in [0.2, 0.25) is 0 Å². The van der Waals surface area contributed by atoms with Crippen LogP contribution in [0, 0.1) is 10.8 Å². The molecule has 2 aliphatic heterocycles. The summed E-state index contributed by atoms with van der Waals surface area (Å²) in [7, 11) is 0. The number of amides is 2. The lowest BCUT2D eigenvalue weighted by atomic mass is 10.1. The Balaban J connectivity index is 0.00000370. The molecule has 2 aromatic carbocycles. The standard InChI is InChI=1S/C29H31N7O3.H2/c1-29(2,3)39-28(38)35-17-15-34(16-18-35)27(37)20-12-10-19(11-13-20)24(30)36-23-9-6-14-32-26(23)33-22-8-5-4-7-21(22)25(36)31;/h4-14,30-31H,15-18H2,1-3H3,(H,32,33);1H. The summed E-state index contributed by atoms with van der Waals surface area (Å²) in [6.45, 7) is 7.12. The maximum absolute atomic E-state index is 13.2. The largest absolute Gasteiger partial charge is 0.444 e. The second-order valence-electron chi connectivity index (χ2n) is 10.4. The second-order valence-corrected chi connectivity index (χ2v) is 10.4. The first-order chi connectivity index (χ1) is 18.6. The number of nitrogens with one attached hydrogen (secondary N) is 3. The molecule has 0 aliphatic carbocycles. The number of carbonyl (C=O) groups is 2. The Hall–Kier alpha value is -4.73. The molecule has 2 amide bonds. The average Bonchev–Trinajstić information content (AvgIpc) is 3.05. The molecule has 0 radical (unpaired) electrons. The lowest BCUT2D eigenvalue weighted by molar-refractivity contribution is 0.0141. The van der Waals surface area contributed by atoms with E-state index in [0.717, 1.165) is 5.69 Å². The van der Waals surface area contributed by atoms with Crippen LogP contribution in [0.2, 0.25) is 0 Å².